The molecule has 13 nitrogen and oxygen atoms in total. The Morgan fingerprint density at radius 3 is 1.66 bits per heavy atom. The largest absolute Gasteiger partial charge is 0.456 e. The number of unbranched alkanes of at least 4 members (excludes halogenated alkanes) is 2. The van der Waals surface area contributed by atoms with Crippen LogP contribution in [0.2, 0.25) is 0 Å². The minimum atomic E-state index is -0.392. The Labute approximate surface area is 528 Å². The summed E-state index contributed by atoms with van der Waals surface area (Å²) in [7, 11) is 0. The Morgan fingerprint density at radius 2 is 1.03 bits per heavy atom. The van der Waals surface area contributed by atoms with Gasteiger partial charge in [0.25, 0.3) is 5.91 Å². The number of hydrogen-bond acceptors (Lipinski definition) is 10. The Kier molecular flexibility index (Phi) is 16.2. The van der Waals surface area contributed by atoms with Crippen molar-refractivity contribution in [2.45, 2.75) is 144 Å². The summed E-state index contributed by atoms with van der Waals surface area (Å²) in [6.07, 6.45) is 12.1. The van der Waals surface area contributed by atoms with Crippen LogP contribution >= 0.6 is 0 Å². The summed E-state index contributed by atoms with van der Waals surface area (Å²) in [5.74, 6) is 0.576. The molecule has 0 saturated heterocycles. The lowest BCUT2D eigenvalue weighted by Gasteiger charge is -2.33. The summed E-state index contributed by atoms with van der Waals surface area (Å²) in [4.78, 5) is 62.7. The molecule has 0 saturated carbocycles. The average Bonchev–Trinajstić information content (AvgIpc) is 0.741. The number of fused-ring (bicyclic) bond motifs is 8. The van der Waals surface area contributed by atoms with E-state index in [4.69, 9.17) is 19.5 Å². The number of anilines is 2. The van der Waals surface area contributed by atoms with Gasteiger partial charge in [0.1, 0.15) is 11.5 Å². The number of ketones is 1. The zero-order chi connectivity index (χ0) is 63.6. The van der Waals surface area contributed by atoms with Gasteiger partial charge in [0.15, 0.2) is 5.78 Å². The van der Waals surface area contributed by atoms with Crippen LogP contribution in [0.15, 0.2) is 131 Å². The molecule has 0 spiro atoms. The maximum absolute atomic E-state index is 13.5. The van der Waals surface area contributed by atoms with E-state index in [1.165, 1.54) is 44.2 Å². The molecule has 0 unspecified atom stereocenters. The van der Waals surface area contributed by atoms with E-state index in [2.05, 4.69) is 189 Å². The molecule has 462 valence electrons. The lowest BCUT2D eigenvalue weighted by atomic mass is 9.79. The summed E-state index contributed by atoms with van der Waals surface area (Å²) in [5.41, 5.74) is 20.3. The predicted octanol–water partition coefficient (Wildman–Crippen LogP) is 11.8. The van der Waals surface area contributed by atoms with Crippen LogP contribution in [-0.4, -0.2) is 78.5 Å². The molecule has 6 aromatic carbocycles. The minimum Gasteiger partial charge on any atom is -0.456 e. The standard InChI is InChI=1S/C77H83N7O6/c1-44-40-74(5,6)81-62-31-52-30-53-32-63-55(45(2)41-75(7,8)82-63)34-59(53)71(58(52)33-54(44)62)49-21-23-51(24-22-49)73(88)80-25-15-13-14-16-69(86)78-26-28-89-29-27-79-70(87)39-66(85)48-17-19-50(20-18-48)72-60-35-56-46(3)42-76(9,10)83-64(56)37-67(60)90-68-38-65-57(36-61(68)72)47(4)43-77(11,12)84-65/h17-24,31-38,40-43,81,83H,13-16,25-30,39H2,1-12H3,(H,78,86)(H,79,87)(H,80,88). The maximum Gasteiger partial charge on any atom is 0.251 e. The Hall–Kier alpha value is -8.94. The van der Waals surface area contributed by atoms with E-state index in [9.17, 15) is 19.2 Å². The zero-order valence-electron chi connectivity index (χ0n) is 54.2. The van der Waals surface area contributed by atoms with E-state index in [-0.39, 0.29) is 65.9 Å². The number of Topliss-reactive ketones (excluding diaryl/α,β-unsaturated/α-hetero) is 1. The quantitative estimate of drug-likeness (QED) is 0.0321. The molecule has 3 amide bonds. The summed E-state index contributed by atoms with van der Waals surface area (Å²) < 4.78 is 12.4. The normalized spacial score (nSPS) is 17.0. The van der Waals surface area contributed by atoms with Gasteiger partial charge in [0, 0.05) is 99.3 Å². The smallest absolute Gasteiger partial charge is 0.251 e. The monoisotopic (exact) mass is 1200 g/mol. The SMILES string of the molecule is CC1=CC(C)(C)Nc2cc3c(cc21)C(c1ccc(C(=O)NCCCCCC(=O)NCCOCCNC(=O)CC(=O)c2ccc(C4=c5cc6c(cc5Oc5cc7c(cc54)C(C)=CC(C)(C)N7)=NC(C)(C)C=C6C)cc2)cc1)=c1cc2c(cc1C3)=NC(C)(C)C=C2C. The molecular formula is C77H83N7O6. The topological polar surface area (TPSA) is 172 Å². The number of allylic oxidation sites excluding steroid dienone is 4. The van der Waals surface area contributed by atoms with Gasteiger partial charge in [-0.1, -0.05) is 67.1 Å². The Balaban J connectivity index is 0.583. The molecule has 5 heterocycles. The summed E-state index contributed by atoms with van der Waals surface area (Å²) in [6.45, 7) is 27.4. The van der Waals surface area contributed by atoms with Crippen LogP contribution in [0.5, 0.6) is 11.5 Å². The Bertz CT molecular complexity index is 4420. The van der Waals surface area contributed by atoms with Gasteiger partial charge >= 0.3 is 0 Å². The van der Waals surface area contributed by atoms with E-state index in [0.29, 0.717) is 37.1 Å². The highest BCUT2D eigenvalue weighted by molar-refractivity contribution is 6.07. The van der Waals surface area contributed by atoms with Gasteiger partial charge in [-0.15, -0.1) is 0 Å². The number of carbonyl (C=O) groups excluding carboxylic acids is 4. The third-order valence-electron chi connectivity index (χ3n) is 17.8. The molecule has 5 N–H and O–H groups in total. The fourth-order valence-electron chi connectivity index (χ4n) is 14.1. The van der Waals surface area contributed by atoms with Gasteiger partial charge in [-0.05, 0) is 212 Å². The van der Waals surface area contributed by atoms with E-state index in [0.717, 1.165) is 108 Å². The van der Waals surface area contributed by atoms with Crippen LogP contribution in [0, 0.1) is 0 Å². The molecule has 13 heteroatoms. The van der Waals surface area contributed by atoms with Crippen LogP contribution < -0.4 is 52.5 Å². The molecule has 6 aliphatic rings. The summed E-state index contributed by atoms with van der Waals surface area (Å²) in [5, 5.41) is 20.3. The summed E-state index contributed by atoms with van der Waals surface area (Å²) in [6, 6.07) is 33.3. The van der Waals surface area contributed by atoms with Gasteiger partial charge < -0.3 is 36.1 Å². The van der Waals surface area contributed by atoms with Crippen LogP contribution in [0.25, 0.3) is 33.4 Å². The molecule has 0 aromatic heterocycles. The van der Waals surface area contributed by atoms with Gasteiger partial charge in [0.2, 0.25) is 11.8 Å². The zero-order valence-corrected chi connectivity index (χ0v) is 54.2. The highest BCUT2D eigenvalue weighted by Crippen LogP contribution is 2.45. The van der Waals surface area contributed by atoms with Crippen molar-refractivity contribution >= 4 is 68.3 Å². The fraction of sp³-hybridized carbons (Fsp3) is 0.351. The van der Waals surface area contributed by atoms with Gasteiger partial charge in [0.05, 0.1) is 52.5 Å². The molecule has 0 radical (unpaired) electrons. The first-order chi connectivity index (χ1) is 42.8. The average molecular weight is 1200 g/mol. The number of carbonyl (C=O) groups is 4. The molecule has 0 bridgehead atoms. The van der Waals surface area contributed by atoms with Gasteiger partial charge in [-0.3, -0.25) is 29.2 Å². The molecule has 90 heavy (non-hydrogen) atoms. The summed E-state index contributed by atoms with van der Waals surface area (Å²) >= 11 is 0. The number of nitrogens with one attached hydrogen (secondary N) is 5. The molecule has 1 aliphatic carbocycles. The van der Waals surface area contributed by atoms with Crippen molar-refractivity contribution in [1.29, 1.82) is 0 Å². The van der Waals surface area contributed by atoms with Crippen molar-refractivity contribution in [3.05, 3.63) is 209 Å². The third-order valence-corrected chi connectivity index (χ3v) is 17.8. The highest BCUT2D eigenvalue weighted by atomic mass is 16.5. The number of benzene rings is 6. The van der Waals surface area contributed by atoms with Crippen molar-refractivity contribution in [3.8, 4) is 11.5 Å². The number of rotatable bonds is 18. The second-order valence-corrected chi connectivity index (χ2v) is 27.5. The first-order valence-corrected chi connectivity index (χ1v) is 31.8. The van der Waals surface area contributed by atoms with Crippen molar-refractivity contribution in [2.24, 2.45) is 9.98 Å². The van der Waals surface area contributed by atoms with E-state index >= 15 is 0 Å². The highest BCUT2D eigenvalue weighted by Gasteiger charge is 2.32. The number of ether oxygens (including phenoxy) is 2. The first-order valence-electron chi connectivity index (χ1n) is 31.8. The molecule has 6 aromatic rings. The van der Waals surface area contributed by atoms with Crippen molar-refractivity contribution < 1.29 is 28.7 Å². The minimum absolute atomic E-state index is 0.0680. The lowest BCUT2D eigenvalue weighted by Crippen LogP contribution is -2.33. The second kappa shape index (κ2) is 23.8. The molecule has 0 fully saturated rings. The van der Waals surface area contributed by atoms with Crippen molar-refractivity contribution in [2.75, 3.05) is 43.5 Å². The third kappa shape index (κ3) is 12.8. The molecule has 5 aliphatic heterocycles. The number of hydrogen-bond donors (Lipinski definition) is 5. The first kappa shape index (κ1) is 61.3. The lowest BCUT2D eigenvalue weighted by molar-refractivity contribution is -0.121. The van der Waals surface area contributed by atoms with Crippen molar-refractivity contribution in [1.82, 2.24) is 16.0 Å². The van der Waals surface area contributed by atoms with Crippen LogP contribution in [-0.2, 0) is 20.7 Å². The van der Waals surface area contributed by atoms with Gasteiger partial charge in [-0.2, -0.15) is 0 Å². The maximum atomic E-state index is 13.5. The van der Waals surface area contributed by atoms with Gasteiger partial charge in [-0.25, -0.2) is 0 Å². The van der Waals surface area contributed by atoms with E-state index in [1.54, 1.807) is 12.1 Å². The van der Waals surface area contributed by atoms with Crippen LogP contribution in [0.1, 0.15) is 192 Å². The fourth-order valence-corrected chi connectivity index (χ4v) is 14.1. The molecular weight excluding hydrogens is 1120 g/mol. The number of nitrogens with zero attached hydrogens (tertiary/aromatic N) is 2. The van der Waals surface area contributed by atoms with E-state index in [1.807, 2.05) is 30.3 Å². The van der Waals surface area contributed by atoms with Crippen LogP contribution in [0.4, 0.5) is 11.4 Å². The Morgan fingerprint density at radius 1 is 0.500 bits per heavy atom. The van der Waals surface area contributed by atoms with Crippen LogP contribution in [0.3, 0.4) is 0 Å². The molecule has 12 rings (SSSR count). The second-order valence-electron chi connectivity index (χ2n) is 27.5. The number of amides is 3. The predicted molar refractivity (Wildman–Crippen MR) is 361 cm³/mol. The van der Waals surface area contributed by atoms with E-state index < -0.39 is 5.91 Å². The van der Waals surface area contributed by atoms with Crippen molar-refractivity contribution in [3.63, 3.8) is 0 Å². The molecule has 0 atom stereocenters.